The van der Waals surface area contributed by atoms with E-state index in [9.17, 15) is 4.79 Å². The summed E-state index contributed by atoms with van der Waals surface area (Å²) in [5, 5.41) is 13.8. The van der Waals surface area contributed by atoms with Crippen LogP contribution in [-0.2, 0) is 4.79 Å². The van der Waals surface area contributed by atoms with Gasteiger partial charge in [0.2, 0.25) is 11.8 Å². The molecule has 1 atom stereocenters. The Balaban J connectivity index is 1.49. The van der Waals surface area contributed by atoms with Crippen LogP contribution in [0.3, 0.4) is 0 Å². The van der Waals surface area contributed by atoms with Gasteiger partial charge in [0, 0.05) is 31.6 Å². The van der Waals surface area contributed by atoms with Crippen LogP contribution in [0.15, 0.2) is 4.42 Å². The van der Waals surface area contributed by atoms with Gasteiger partial charge in [-0.25, -0.2) is 0 Å². The van der Waals surface area contributed by atoms with Crippen LogP contribution in [0.1, 0.15) is 31.6 Å². The predicted molar refractivity (Wildman–Crippen MR) is 68.8 cm³/mol. The van der Waals surface area contributed by atoms with Gasteiger partial charge in [-0.1, -0.05) is 5.10 Å². The summed E-state index contributed by atoms with van der Waals surface area (Å²) in [6.07, 6.45) is 2.21. The summed E-state index contributed by atoms with van der Waals surface area (Å²) in [5.74, 6) is 0.957. The fourth-order valence-corrected chi connectivity index (χ4v) is 2.30. The third-order valence-corrected chi connectivity index (χ3v) is 3.43. The van der Waals surface area contributed by atoms with E-state index in [0.717, 1.165) is 32.5 Å². The largest absolute Gasteiger partial charge is 0.408 e. The Labute approximate surface area is 111 Å². The van der Waals surface area contributed by atoms with E-state index >= 15 is 0 Å². The Bertz CT molecular complexity index is 457. The molecule has 3 rings (SSSR count). The van der Waals surface area contributed by atoms with Crippen molar-refractivity contribution >= 4 is 11.9 Å². The molecule has 104 valence electrons. The first-order valence-electron chi connectivity index (χ1n) is 6.79. The second kappa shape index (κ2) is 5.26. The first-order chi connectivity index (χ1) is 9.20. The van der Waals surface area contributed by atoms with Crippen molar-refractivity contribution in [2.75, 3.05) is 31.5 Å². The number of amides is 1. The molecule has 0 aromatic carbocycles. The average Bonchev–Trinajstić information content (AvgIpc) is 3.11. The zero-order valence-electron chi connectivity index (χ0n) is 11.1. The highest BCUT2D eigenvalue weighted by atomic mass is 16.4. The predicted octanol–water partition coefficient (Wildman–Crippen LogP) is 0.179. The van der Waals surface area contributed by atoms with Crippen molar-refractivity contribution in [3.8, 4) is 0 Å². The van der Waals surface area contributed by atoms with Gasteiger partial charge >= 0.3 is 6.01 Å². The molecular weight excluding hydrogens is 246 g/mol. The highest BCUT2D eigenvalue weighted by Crippen LogP contribution is 2.39. The topological polar surface area (TPSA) is 83.3 Å². The van der Waals surface area contributed by atoms with Gasteiger partial charge in [-0.2, -0.15) is 0 Å². The van der Waals surface area contributed by atoms with E-state index in [1.807, 2.05) is 0 Å². The minimum absolute atomic E-state index is 0.0971. The Hall–Kier alpha value is -1.47. The molecule has 1 aromatic rings. The number of rotatable bonds is 4. The number of aromatic nitrogens is 2. The maximum Gasteiger partial charge on any atom is 0.322 e. The summed E-state index contributed by atoms with van der Waals surface area (Å²) in [5.41, 5.74) is 0. The van der Waals surface area contributed by atoms with Crippen molar-refractivity contribution in [1.82, 2.24) is 20.4 Å². The molecule has 2 fully saturated rings. The molecule has 1 saturated carbocycles. The van der Waals surface area contributed by atoms with E-state index in [-0.39, 0.29) is 11.9 Å². The second-order valence-corrected chi connectivity index (χ2v) is 5.36. The fourth-order valence-electron chi connectivity index (χ4n) is 2.30. The summed E-state index contributed by atoms with van der Waals surface area (Å²) in [7, 11) is 0. The molecular formula is C12H19N5O2. The lowest BCUT2D eigenvalue weighted by Crippen LogP contribution is -2.51. The quantitative estimate of drug-likeness (QED) is 0.808. The molecule has 1 aliphatic heterocycles. The van der Waals surface area contributed by atoms with E-state index in [1.165, 1.54) is 0 Å². The van der Waals surface area contributed by atoms with Crippen molar-refractivity contribution in [2.24, 2.45) is 0 Å². The number of hydrogen-bond acceptors (Lipinski definition) is 6. The zero-order chi connectivity index (χ0) is 13.2. The van der Waals surface area contributed by atoms with E-state index < -0.39 is 0 Å². The van der Waals surface area contributed by atoms with Crippen molar-refractivity contribution in [2.45, 2.75) is 31.7 Å². The fraction of sp³-hybridized carbons (Fsp3) is 0.750. The van der Waals surface area contributed by atoms with Crippen LogP contribution in [0.25, 0.3) is 0 Å². The van der Waals surface area contributed by atoms with Crippen LogP contribution in [-0.4, -0.2) is 53.2 Å². The van der Waals surface area contributed by atoms with Crippen LogP contribution in [0, 0.1) is 0 Å². The van der Waals surface area contributed by atoms with E-state index in [2.05, 4.69) is 32.7 Å². The molecule has 2 aliphatic rings. The first kappa shape index (κ1) is 12.6. The molecule has 0 bridgehead atoms. The molecule has 0 spiro atoms. The van der Waals surface area contributed by atoms with E-state index in [0.29, 0.717) is 24.4 Å². The van der Waals surface area contributed by atoms with Crippen molar-refractivity contribution < 1.29 is 9.21 Å². The number of nitrogens with one attached hydrogen (secondary N) is 2. The van der Waals surface area contributed by atoms with Gasteiger partial charge in [0.1, 0.15) is 0 Å². The highest BCUT2D eigenvalue weighted by Gasteiger charge is 2.29. The summed E-state index contributed by atoms with van der Waals surface area (Å²) >= 11 is 0. The Morgan fingerprint density at radius 3 is 3.11 bits per heavy atom. The van der Waals surface area contributed by atoms with Gasteiger partial charge in [-0.3, -0.25) is 15.0 Å². The van der Waals surface area contributed by atoms with E-state index in [4.69, 9.17) is 4.42 Å². The normalized spacial score (nSPS) is 24.4. The molecule has 2 N–H and O–H groups in total. The monoisotopic (exact) mass is 265 g/mol. The number of piperazine rings is 1. The van der Waals surface area contributed by atoms with Gasteiger partial charge < -0.3 is 9.73 Å². The Morgan fingerprint density at radius 1 is 1.53 bits per heavy atom. The number of carbonyl (C=O) groups excluding carboxylic acids is 1. The molecule has 19 heavy (non-hydrogen) atoms. The summed E-state index contributed by atoms with van der Waals surface area (Å²) < 4.78 is 5.40. The first-order valence-corrected chi connectivity index (χ1v) is 6.79. The van der Waals surface area contributed by atoms with Crippen LogP contribution < -0.4 is 10.6 Å². The van der Waals surface area contributed by atoms with Gasteiger partial charge in [0.25, 0.3) is 0 Å². The van der Waals surface area contributed by atoms with Gasteiger partial charge in [0.15, 0.2) is 0 Å². The maximum atomic E-state index is 11.9. The molecule has 0 radical (unpaired) electrons. The Kier molecular flexibility index (Phi) is 3.48. The van der Waals surface area contributed by atoms with Crippen molar-refractivity contribution in [3.05, 3.63) is 5.89 Å². The van der Waals surface area contributed by atoms with Crippen molar-refractivity contribution in [1.29, 1.82) is 0 Å². The number of nitrogens with zero attached hydrogens (tertiary/aromatic N) is 3. The minimum atomic E-state index is -0.0971. The lowest BCUT2D eigenvalue weighted by Gasteiger charge is -2.30. The van der Waals surface area contributed by atoms with Gasteiger partial charge in [-0.15, -0.1) is 5.10 Å². The van der Waals surface area contributed by atoms with Gasteiger partial charge in [0.05, 0.1) is 6.54 Å². The van der Waals surface area contributed by atoms with Crippen LogP contribution in [0.4, 0.5) is 6.01 Å². The highest BCUT2D eigenvalue weighted by molar-refractivity contribution is 5.90. The zero-order valence-corrected chi connectivity index (χ0v) is 11.1. The molecule has 2 heterocycles. The number of anilines is 1. The minimum Gasteiger partial charge on any atom is -0.408 e. The standard InChI is InChI=1S/C12H19N5O2/c1-8-6-17(5-4-13-8)7-10(18)14-12-16-15-11(19-12)9-2-3-9/h8-9,13H,2-7H2,1H3,(H,14,16,18)/t8-/m1/s1. The second-order valence-electron chi connectivity index (χ2n) is 5.36. The molecule has 1 amide bonds. The average molecular weight is 265 g/mol. The molecule has 1 saturated heterocycles. The number of carbonyl (C=O) groups is 1. The molecule has 1 aromatic heterocycles. The smallest absolute Gasteiger partial charge is 0.322 e. The molecule has 1 aliphatic carbocycles. The third-order valence-electron chi connectivity index (χ3n) is 3.43. The lowest BCUT2D eigenvalue weighted by atomic mass is 10.2. The Morgan fingerprint density at radius 2 is 2.37 bits per heavy atom. The molecule has 7 nitrogen and oxygen atoms in total. The van der Waals surface area contributed by atoms with Crippen LogP contribution in [0.2, 0.25) is 0 Å². The summed E-state index contributed by atoms with van der Waals surface area (Å²) in [6.45, 7) is 5.16. The lowest BCUT2D eigenvalue weighted by molar-refractivity contribution is -0.117. The summed E-state index contributed by atoms with van der Waals surface area (Å²) in [4.78, 5) is 14.0. The van der Waals surface area contributed by atoms with Crippen LogP contribution >= 0.6 is 0 Å². The van der Waals surface area contributed by atoms with Crippen LogP contribution in [0.5, 0.6) is 0 Å². The van der Waals surface area contributed by atoms with Crippen molar-refractivity contribution in [3.63, 3.8) is 0 Å². The summed E-state index contributed by atoms with van der Waals surface area (Å²) in [6, 6.07) is 0.640. The number of hydrogen-bond donors (Lipinski definition) is 2. The molecule has 0 unspecified atom stereocenters. The van der Waals surface area contributed by atoms with E-state index in [1.54, 1.807) is 0 Å². The van der Waals surface area contributed by atoms with Gasteiger partial charge in [-0.05, 0) is 19.8 Å². The third kappa shape index (κ3) is 3.30. The maximum absolute atomic E-state index is 11.9. The SMILES string of the molecule is C[C@@H]1CN(CC(=O)Nc2nnc(C3CC3)o2)CCN1. The molecule has 7 heteroatoms.